The van der Waals surface area contributed by atoms with Gasteiger partial charge in [0.25, 0.3) is 0 Å². The van der Waals surface area contributed by atoms with E-state index in [0.717, 1.165) is 39.0 Å². The van der Waals surface area contributed by atoms with Gasteiger partial charge in [-0.15, -0.1) is 24.0 Å². The number of hydrogen-bond donors (Lipinski definition) is 2. The molecule has 1 heterocycles. The molecular weight excluding hydrogens is 459 g/mol. The van der Waals surface area contributed by atoms with Crippen LogP contribution < -0.4 is 10.6 Å². The van der Waals surface area contributed by atoms with Gasteiger partial charge in [-0.2, -0.15) is 0 Å². The molecule has 1 unspecified atom stereocenters. The number of likely N-dealkylation sites (tertiary alicyclic amines) is 1. The van der Waals surface area contributed by atoms with Crippen molar-refractivity contribution in [2.75, 3.05) is 59.7 Å². The molecule has 0 aliphatic carbocycles. The molecule has 1 aliphatic rings. The fourth-order valence-corrected chi connectivity index (χ4v) is 2.89. The van der Waals surface area contributed by atoms with Gasteiger partial charge in [0.15, 0.2) is 5.96 Å². The number of carbonyl (C=O) groups is 1. The van der Waals surface area contributed by atoms with Crippen LogP contribution in [0, 0.1) is 5.92 Å². The number of nitrogens with zero attached hydrogens (tertiary/aromatic N) is 2. The molecule has 27 heavy (non-hydrogen) atoms. The van der Waals surface area contributed by atoms with Crippen LogP contribution in [0.3, 0.4) is 0 Å². The first-order chi connectivity index (χ1) is 12.7. The third-order valence-corrected chi connectivity index (χ3v) is 4.42. The fourth-order valence-electron chi connectivity index (χ4n) is 2.89. The molecular formula is C19H39IN4O3. The van der Waals surface area contributed by atoms with E-state index in [0.29, 0.717) is 51.2 Å². The van der Waals surface area contributed by atoms with Crippen molar-refractivity contribution in [3.8, 4) is 0 Å². The first kappa shape index (κ1) is 26.4. The molecule has 160 valence electrons. The van der Waals surface area contributed by atoms with E-state index in [2.05, 4.69) is 29.5 Å². The monoisotopic (exact) mass is 498 g/mol. The minimum atomic E-state index is 0. The van der Waals surface area contributed by atoms with Crippen LogP contribution >= 0.6 is 24.0 Å². The number of nitrogens with one attached hydrogen (secondary N) is 2. The van der Waals surface area contributed by atoms with Crippen molar-refractivity contribution in [2.45, 2.75) is 46.0 Å². The highest BCUT2D eigenvalue weighted by molar-refractivity contribution is 14.0. The highest BCUT2D eigenvalue weighted by Crippen LogP contribution is 2.15. The van der Waals surface area contributed by atoms with E-state index in [4.69, 9.17) is 9.47 Å². The number of guanidine groups is 1. The Morgan fingerprint density at radius 2 is 1.85 bits per heavy atom. The molecule has 1 aliphatic heterocycles. The molecule has 1 fully saturated rings. The van der Waals surface area contributed by atoms with Gasteiger partial charge >= 0.3 is 0 Å². The number of ether oxygens (including phenoxy) is 2. The highest BCUT2D eigenvalue weighted by Gasteiger charge is 2.20. The number of halogens is 1. The second-order valence-corrected chi connectivity index (χ2v) is 6.84. The Kier molecular flexibility index (Phi) is 17.1. The van der Waals surface area contributed by atoms with Crippen molar-refractivity contribution >= 4 is 35.8 Å². The minimum Gasteiger partial charge on any atom is -0.379 e. The van der Waals surface area contributed by atoms with E-state index >= 15 is 0 Å². The van der Waals surface area contributed by atoms with Crippen LogP contribution in [0.1, 0.15) is 46.0 Å². The van der Waals surface area contributed by atoms with E-state index in [1.807, 2.05) is 4.90 Å². The van der Waals surface area contributed by atoms with Gasteiger partial charge in [0.1, 0.15) is 0 Å². The molecule has 1 amide bonds. The van der Waals surface area contributed by atoms with Gasteiger partial charge in [0.05, 0.1) is 19.8 Å². The molecule has 0 spiro atoms. The first-order valence-corrected chi connectivity index (χ1v) is 10.0. The zero-order chi connectivity index (χ0) is 19.0. The summed E-state index contributed by atoms with van der Waals surface area (Å²) in [5.41, 5.74) is 0. The molecule has 0 aromatic carbocycles. The highest BCUT2D eigenvalue weighted by atomic mass is 127. The van der Waals surface area contributed by atoms with E-state index < -0.39 is 0 Å². The smallest absolute Gasteiger partial charge is 0.224 e. The fraction of sp³-hybridized carbons (Fsp3) is 0.895. The number of piperidine rings is 1. The number of unbranched alkanes of at least 4 members (excludes halogenated alkanes) is 1. The molecule has 0 saturated carbocycles. The normalized spacial score (nSPS) is 17.4. The summed E-state index contributed by atoms with van der Waals surface area (Å²) in [5, 5.41) is 6.38. The maximum Gasteiger partial charge on any atom is 0.224 e. The topological polar surface area (TPSA) is 75.2 Å². The van der Waals surface area contributed by atoms with Crippen molar-refractivity contribution in [3.63, 3.8) is 0 Å². The van der Waals surface area contributed by atoms with Crippen LogP contribution in [-0.2, 0) is 14.3 Å². The molecule has 0 aromatic rings. The SMILES string of the molecule is CCCCOCCOCCNC(=NC)NCCC(=O)N1CCCC(C)C1.I. The molecule has 1 atom stereocenters. The summed E-state index contributed by atoms with van der Waals surface area (Å²) in [6.07, 6.45) is 5.10. The number of rotatable bonds is 12. The number of hydrogen-bond acceptors (Lipinski definition) is 4. The lowest BCUT2D eigenvalue weighted by molar-refractivity contribution is -0.132. The van der Waals surface area contributed by atoms with E-state index in [9.17, 15) is 4.79 Å². The lowest BCUT2D eigenvalue weighted by Gasteiger charge is -2.31. The summed E-state index contributed by atoms with van der Waals surface area (Å²) in [6, 6.07) is 0. The molecule has 7 nitrogen and oxygen atoms in total. The second-order valence-electron chi connectivity index (χ2n) is 6.84. The molecule has 2 N–H and O–H groups in total. The summed E-state index contributed by atoms with van der Waals surface area (Å²) in [5.74, 6) is 1.55. The number of carbonyl (C=O) groups excluding carboxylic acids is 1. The van der Waals surface area contributed by atoms with Gasteiger partial charge in [-0.1, -0.05) is 20.3 Å². The Bertz CT molecular complexity index is 410. The third-order valence-electron chi connectivity index (χ3n) is 4.42. The Hall–Kier alpha value is -0.610. The van der Waals surface area contributed by atoms with Gasteiger partial charge in [-0.25, -0.2) is 0 Å². The maximum absolute atomic E-state index is 12.2. The van der Waals surface area contributed by atoms with Crippen LogP contribution in [0.5, 0.6) is 0 Å². The quantitative estimate of drug-likeness (QED) is 0.187. The van der Waals surface area contributed by atoms with Crippen molar-refractivity contribution in [3.05, 3.63) is 0 Å². The zero-order valence-electron chi connectivity index (χ0n) is 17.3. The summed E-state index contributed by atoms with van der Waals surface area (Å²) in [4.78, 5) is 18.4. The van der Waals surface area contributed by atoms with Gasteiger partial charge in [-0.05, 0) is 25.2 Å². The van der Waals surface area contributed by atoms with Crippen molar-refractivity contribution < 1.29 is 14.3 Å². The number of aliphatic imine (C=N–C) groups is 1. The Morgan fingerprint density at radius 3 is 2.52 bits per heavy atom. The van der Waals surface area contributed by atoms with E-state index in [-0.39, 0.29) is 29.9 Å². The molecule has 0 bridgehead atoms. The summed E-state index contributed by atoms with van der Waals surface area (Å²) < 4.78 is 10.9. The molecule has 0 radical (unpaired) electrons. The van der Waals surface area contributed by atoms with Gasteiger partial charge < -0.3 is 25.0 Å². The predicted octanol–water partition coefficient (Wildman–Crippen LogP) is 2.25. The summed E-state index contributed by atoms with van der Waals surface area (Å²) >= 11 is 0. The van der Waals surface area contributed by atoms with Crippen LogP contribution in [0.15, 0.2) is 4.99 Å². The second kappa shape index (κ2) is 17.5. The summed E-state index contributed by atoms with van der Waals surface area (Å²) in [7, 11) is 1.73. The maximum atomic E-state index is 12.2. The summed E-state index contributed by atoms with van der Waals surface area (Å²) in [6.45, 7) is 10.1. The minimum absolute atomic E-state index is 0. The van der Waals surface area contributed by atoms with Gasteiger partial charge in [-0.3, -0.25) is 9.79 Å². The Balaban J connectivity index is 0.00000676. The molecule has 1 rings (SSSR count). The average molecular weight is 498 g/mol. The Labute approximate surface area is 182 Å². The predicted molar refractivity (Wildman–Crippen MR) is 121 cm³/mol. The largest absolute Gasteiger partial charge is 0.379 e. The zero-order valence-corrected chi connectivity index (χ0v) is 19.6. The van der Waals surface area contributed by atoms with Crippen molar-refractivity contribution in [2.24, 2.45) is 10.9 Å². The molecule has 8 heteroatoms. The molecule has 0 aromatic heterocycles. The van der Waals surface area contributed by atoms with Crippen LogP contribution in [-0.4, -0.2) is 76.4 Å². The van der Waals surface area contributed by atoms with Crippen molar-refractivity contribution in [1.82, 2.24) is 15.5 Å². The lowest BCUT2D eigenvalue weighted by atomic mass is 10.00. The van der Waals surface area contributed by atoms with Crippen molar-refractivity contribution in [1.29, 1.82) is 0 Å². The van der Waals surface area contributed by atoms with E-state index in [1.165, 1.54) is 6.42 Å². The lowest BCUT2D eigenvalue weighted by Crippen LogP contribution is -2.43. The van der Waals surface area contributed by atoms with Gasteiger partial charge in [0, 0.05) is 46.3 Å². The average Bonchev–Trinajstić information content (AvgIpc) is 2.65. The first-order valence-electron chi connectivity index (χ1n) is 10.0. The molecule has 1 saturated heterocycles. The van der Waals surface area contributed by atoms with E-state index in [1.54, 1.807) is 7.05 Å². The standard InChI is InChI=1S/C19H38N4O3.HI/c1-4-5-12-25-14-15-26-13-10-22-19(20-3)21-9-8-18(24)23-11-6-7-17(2)16-23;/h17H,4-16H2,1-3H3,(H2,20,21,22);1H. The van der Waals surface area contributed by atoms with Crippen LogP contribution in [0.4, 0.5) is 0 Å². The van der Waals surface area contributed by atoms with Crippen LogP contribution in [0.25, 0.3) is 0 Å². The Morgan fingerprint density at radius 1 is 1.15 bits per heavy atom. The number of amides is 1. The third kappa shape index (κ3) is 13.2. The van der Waals surface area contributed by atoms with Gasteiger partial charge in [0.2, 0.25) is 5.91 Å². The van der Waals surface area contributed by atoms with Crippen LogP contribution in [0.2, 0.25) is 0 Å².